The van der Waals surface area contributed by atoms with Crippen molar-refractivity contribution in [2.75, 3.05) is 11.9 Å². The predicted octanol–water partition coefficient (Wildman–Crippen LogP) is 2.78. The highest BCUT2D eigenvalue weighted by Gasteiger charge is 2.14. The fourth-order valence-electron chi connectivity index (χ4n) is 1.81. The highest BCUT2D eigenvalue weighted by Crippen LogP contribution is 2.12. The largest absolute Gasteiger partial charge is 0.452 e. The van der Waals surface area contributed by atoms with Gasteiger partial charge < -0.3 is 10.1 Å². The third kappa shape index (κ3) is 5.10. The van der Waals surface area contributed by atoms with Crippen molar-refractivity contribution in [2.45, 2.75) is 6.92 Å². The van der Waals surface area contributed by atoms with Gasteiger partial charge in [0.25, 0.3) is 5.91 Å². The SMILES string of the molecule is Cc1ccc(C(=O)OCC(=O)NC(=O)Nc2ccccc2F)cc1F. The van der Waals surface area contributed by atoms with Crippen LogP contribution in [0, 0.1) is 18.6 Å². The molecule has 0 unspecified atom stereocenters. The highest BCUT2D eigenvalue weighted by atomic mass is 19.1. The van der Waals surface area contributed by atoms with Crippen LogP contribution in [-0.4, -0.2) is 24.5 Å². The molecule has 0 saturated carbocycles. The number of amides is 3. The summed E-state index contributed by atoms with van der Waals surface area (Å²) >= 11 is 0. The molecular weight excluding hydrogens is 334 g/mol. The van der Waals surface area contributed by atoms with Crippen LogP contribution in [0.1, 0.15) is 15.9 Å². The third-order valence-corrected chi connectivity index (χ3v) is 3.12. The predicted molar refractivity (Wildman–Crippen MR) is 85.0 cm³/mol. The molecule has 2 N–H and O–H groups in total. The van der Waals surface area contributed by atoms with E-state index in [1.807, 2.05) is 5.32 Å². The minimum atomic E-state index is -0.979. The van der Waals surface area contributed by atoms with Crippen molar-refractivity contribution in [3.05, 3.63) is 65.2 Å². The monoisotopic (exact) mass is 348 g/mol. The van der Waals surface area contributed by atoms with Crippen LogP contribution in [0.4, 0.5) is 19.3 Å². The van der Waals surface area contributed by atoms with Crippen LogP contribution >= 0.6 is 0 Å². The lowest BCUT2D eigenvalue weighted by Crippen LogP contribution is -2.37. The Kier molecular flexibility index (Phi) is 5.78. The average molecular weight is 348 g/mol. The van der Waals surface area contributed by atoms with Crippen molar-refractivity contribution in [2.24, 2.45) is 0 Å². The molecule has 0 saturated heterocycles. The Labute approximate surface area is 141 Å². The van der Waals surface area contributed by atoms with E-state index in [2.05, 4.69) is 10.1 Å². The summed E-state index contributed by atoms with van der Waals surface area (Å²) in [5.41, 5.74) is 0.186. The summed E-state index contributed by atoms with van der Waals surface area (Å²) in [5.74, 6) is -3.08. The number of halogens is 2. The first-order valence-electron chi connectivity index (χ1n) is 7.15. The summed E-state index contributed by atoms with van der Waals surface area (Å²) < 4.78 is 31.4. The van der Waals surface area contributed by atoms with E-state index in [1.165, 1.54) is 37.3 Å². The fourth-order valence-corrected chi connectivity index (χ4v) is 1.81. The zero-order valence-electron chi connectivity index (χ0n) is 13.1. The highest BCUT2D eigenvalue weighted by molar-refractivity contribution is 6.02. The van der Waals surface area contributed by atoms with Crippen LogP contribution in [0.25, 0.3) is 0 Å². The third-order valence-electron chi connectivity index (χ3n) is 3.12. The smallest absolute Gasteiger partial charge is 0.338 e. The minimum Gasteiger partial charge on any atom is -0.452 e. The number of esters is 1. The Bertz CT molecular complexity index is 824. The molecule has 25 heavy (non-hydrogen) atoms. The fraction of sp³-hybridized carbons (Fsp3) is 0.118. The molecule has 2 aromatic carbocycles. The standard InChI is InChI=1S/C17H14F2N2O4/c1-10-6-7-11(8-13(10)19)16(23)25-9-15(22)21-17(24)20-14-5-3-2-4-12(14)18/h2-8H,9H2,1H3,(H2,20,21,22,24). The number of hydrogen-bond donors (Lipinski definition) is 2. The summed E-state index contributed by atoms with van der Waals surface area (Å²) in [6.45, 7) is 0.783. The van der Waals surface area contributed by atoms with Gasteiger partial charge in [0.15, 0.2) is 6.61 Å². The molecule has 0 aliphatic carbocycles. The van der Waals surface area contributed by atoms with E-state index in [0.717, 1.165) is 12.1 Å². The number of imide groups is 1. The van der Waals surface area contributed by atoms with Gasteiger partial charge in [-0.2, -0.15) is 0 Å². The molecule has 0 fully saturated rings. The number of urea groups is 1. The minimum absolute atomic E-state index is 0.0632. The zero-order valence-corrected chi connectivity index (χ0v) is 13.1. The topological polar surface area (TPSA) is 84.5 Å². The molecule has 3 amide bonds. The lowest BCUT2D eigenvalue weighted by molar-refractivity contribution is -0.123. The maximum Gasteiger partial charge on any atom is 0.338 e. The molecule has 0 spiro atoms. The Morgan fingerprint density at radius 3 is 2.44 bits per heavy atom. The van der Waals surface area contributed by atoms with Gasteiger partial charge in [-0.1, -0.05) is 18.2 Å². The number of hydrogen-bond acceptors (Lipinski definition) is 4. The van der Waals surface area contributed by atoms with Crippen LogP contribution < -0.4 is 10.6 Å². The number of carbonyl (C=O) groups is 3. The maximum absolute atomic E-state index is 13.4. The quantitative estimate of drug-likeness (QED) is 0.832. The Morgan fingerprint density at radius 1 is 1.04 bits per heavy atom. The number of benzene rings is 2. The van der Waals surface area contributed by atoms with Gasteiger partial charge in [0, 0.05) is 0 Å². The first-order chi connectivity index (χ1) is 11.9. The van der Waals surface area contributed by atoms with Crippen LogP contribution in [0.5, 0.6) is 0 Å². The first-order valence-corrected chi connectivity index (χ1v) is 7.15. The number of carbonyl (C=O) groups excluding carboxylic acids is 3. The van der Waals surface area contributed by atoms with Gasteiger partial charge in [0.1, 0.15) is 11.6 Å². The summed E-state index contributed by atoms with van der Waals surface area (Å²) in [4.78, 5) is 34.9. The second-order valence-electron chi connectivity index (χ2n) is 5.02. The molecule has 2 rings (SSSR count). The maximum atomic E-state index is 13.4. The molecule has 8 heteroatoms. The second-order valence-corrected chi connectivity index (χ2v) is 5.02. The average Bonchev–Trinajstić information content (AvgIpc) is 2.57. The van der Waals surface area contributed by atoms with Gasteiger partial charge in [-0.3, -0.25) is 10.1 Å². The number of ether oxygens (including phenoxy) is 1. The van der Waals surface area contributed by atoms with Crippen LogP contribution in [0.3, 0.4) is 0 Å². The molecule has 0 aromatic heterocycles. The summed E-state index contributed by atoms with van der Waals surface area (Å²) in [6, 6.07) is 8.15. The zero-order chi connectivity index (χ0) is 18.4. The molecule has 0 aliphatic heterocycles. The number of para-hydroxylation sites is 1. The van der Waals surface area contributed by atoms with Gasteiger partial charge in [0.2, 0.25) is 0 Å². The molecule has 0 bridgehead atoms. The van der Waals surface area contributed by atoms with E-state index in [0.29, 0.717) is 5.56 Å². The molecule has 0 radical (unpaired) electrons. The van der Waals surface area contributed by atoms with E-state index >= 15 is 0 Å². The molecule has 0 atom stereocenters. The Balaban J connectivity index is 1.83. The van der Waals surface area contributed by atoms with Crippen molar-refractivity contribution in [1.29, 1.82) is 0 Å². The lowest BCUT2D eigenvalue weighted by atomic mass is 10.1. The Morgan fingerprint density at radius 2 is 1.76 bits per heavy atom. The van der Waals surface area contributed by atoms with Crippen molar-refractivity contribution >= 4 is 23.6 Å². The molecule has 130 valence electrons. The summed E-state index contributed by atoms with van der Waals surface area (Å²) in [7, 11) is 0. The van der Waals surface area contributed by atoms with E-state index in [-0.39, 0.29) is 11.3 Å². The van der Waals surface area contributed by atoms with Crippen LogP contribution in [-0.2, 0) is 9.53 Å². The van der Waals surface area contributed by atoms with Crippen molar-refractivity contribution in [3.8, 4) is 0 Å². The molecule has 0 aliphatic rings. The van der Waals surface area contributed by atoms with Crippen molar-refractivity contribution in [1.82, 2.24) is 5.32 Å². The molecular formula is C17H14F2N2O4. The van der Waals surface area contributed by atoms with Crippen molar-refractivity contribution in [3.63, 3.8) is 0 Å². The van der Waals surface area contributed by atoms with Crippen LogP contribution in [0.2, 0.25) is 0 Å². The van der Waals surface area contributed by atoms with E-state index in [1.54, 1.807) is 0 Å². The second kappa shape index (κ2) is 8.00. The number of nitrogens with one attached hydrogen (secondary N) is 2. The summed E-state index contributed by atoms with van der Waals surface area (Å²) in [5, 5.41) is 4.01. The van der Waals surface area contributed by atoms with Gasteiger partial charge in [-0.05, 0) is 36.8 Å². The van der Waals surface area contributed by atoms with Gasteiger partial charge in [0.05, 0.1) is 11.3 Å². The van der Waals surface area contributed by atoms with E-state index in [4.69, 9.17) is 0 Å². The van der Waals surface area contributed by atoms with Crippen LogP contribution in [0.15, 0.2) is 42.5 Å². The van der Waals surface area contributed by atoms with Gasteiger partial charge >= 0.3 is 12.0 Å². The van der Waals surface area contributed by atoms with E-state index in [9.17, 15) is 23.2 Å². The number of anilines is 1. The molecule has 0 heterocycles. The van der Waals surface area contributed by atoms with Gasteiger partial charge in [-0.25, -0.2) is 18.4 Å². The summed E-state index contributed by atoms with van der Waals surface area (Å²) in [6.07, 6.45) is 0. The van der Waals surface area contributed by atoms with Crippen molar-refractivity contribution < 1.29 is 27.9 Å². The number of rotatable bonds is 4. The van der Waals surface area contributed by atoms with Gasteiger partial charge in [-0.15, -0.1) is 0 Å². The molecule has 2 aromatic rings. The number of aryl methyl sites for hydroxylation is 1. The van der Waals surface area contributed by atoms with E-state index < -0.39 is 36.1 Å². The molecule has 6 nitrogen and oxygen atoms in total. The lowest BCUT2D eigenvalue weighted by Gasteiger charge is -2.08. The first kappa shape index (κ1) is 18.1. The normalized spacial score (nSPS) is 10.0. The Hall–Kier alpha value is -3.29.